The Morgan fingerprint density at radius 2 is 1.56 bits per heavy atom. The first-order chi connectivity index (χ1) is 12.2. The van der Waals surface area contributed by atoms with E-state index >= 15 is 0 Å². The van der Waals surface area contributed by atoms with E-state index in [0.717, 1.165) is 22.4 Å². The summed E-state index contributed by atoms with van der Waals surface area (Å²) in [4.78, 5) is 14.6. The van der Waals surface area contributed by atoms with Gasteiger partial charge in [0, 0.05) is 11.1 Å². The van der Waals surface area contributed by atoms with Crippen molar-refractivity contribution in [3.8, 4) is 0 Å². The summed E-state index contributed by atoms with van der Waals surface area (Å²) in [6.07, 6.45) is 1.87. The summed E-state index contributed by atoms with van der Waals surface area (Å²) in [5.41, 5.74) is 4.15. The molecule has 3 aromatic carbocycles. The van der Waals surface area contributed by atoms with Crippen LogP contribution in [0.5, 0.6) is 0 Å². The third-order valence-electron chi connectivity index (χ3n) is 4.30. The first-order valence-corrected chi connectivity index (χ1v) is 8.15. The number of fused-ring (bicyclic) bond motifs is 1. The van der Waals surface area contributed by atoms with Gasteiger partial charge >= 0.3 is 0 Å². The standard InChI is InChI=1S/C22H16FNO/c23-18-10-6-9-17(13-18)14-21-19-11-4-5-12-20(19)22(25)24(21)15-16-7-2-1-3-8-16/h1-14H,15H2/b21-14-. The molecule has 0 saturated heterocycles. The van der Waals surface area contributed by atoms with Crippen molar-refractivity contribution in [1.82, 2.24) is 4.90 Å². The number of halogens is 1. The lowest BCUT2D eigenvalue weighted by Gasteiger charge is -2.19. The van der Waals surface area contributed by atoms with Gasteiger partial charge in [-0.05, 0) is 35.4 Å². The smallest absolute Gasteiger partial charge is 0.259 e. The number of hydrogen-bond donors (Lipinski definition) is 0. The van der Waals surface area contributed by atoms with Gasteiger partial charge < -0.3 is 4.90 Å². The van der Waals surface area contributed by atoms with E-state index in [1.54, 1.807) is 11.0 Å². The largest absolute Gasteiger partial charge is 0.303 e. The van der Waals surface area contributed by atoms with Gasteiger partial charge in [-0.1, -0.05) is 60.7 Å². The zero-order valence-electron chi connectivity index (χ0n) is 13.5. The third-order valence-corrected chi connectivity index (χ3v) is 4.30. The van der Waals surface area contributed by atoms with Gasteiger partial charge in [0.1, 0.15) is 5.82 Å². The molecule has 1 aliphatic heterocycles. The second kappa shape index (κ2) is 6.36. The molecule has 0 unspecified atom stereocenters. The molecule has 122 valence electrons. The molecule has 3 heteroatoms. The first-order valence-electron chi connectivity index (χ1n) is 8.15. The zero-order valence-corrected chi connectivity index (χ0v) is 13.5. The highest BCUT2D eigenvalue weighted by atomic mass is 19.1. The fourth-order valence-corrected chi connectivity index (χ4v) is 3.13. The summed E-state index contributed by atoms with van der Waals surface area (Å²) in [7, 11) is 0. The van der Waals surface area contributed by atoms with E-state index < -0.39 is 0 Å². The molecule has 0 fully saturated rings. The number of amides is 1. The quantitative estimate of drug-likeness (QED) is 0.663. The SMILES string of the molecule is O=C1c2ccccc2/C(=C/c2cccc(F)c2)N1Cc1ccccc1. The van der Waals surface area contributed by atoms with E-state index in [-0.39, 0.29) is 11.7 Å². The Morgan fingerprint density at radius 3 is 2.32 bits per heavy atom. The number of nitrogens with zero attached hydrogens (tertiary/aromatic N) is 1. The van der Waals surface area contributed by atoms with Crippen molar-refractivity contribution < 1.29 is 9.18 Å². The monoisotopic (exact) mass is 329 g/mol. The Hall–Kier alpha value is -3.20. The third kappa shape index (κ3) is 2.96. The van der Waals surface area contributed by atoms with Gasteiger partial charge in [-0.25, -0.2) is 4.39 Å². The van der Waals surface area contributed by atoms with E-state index in [0.29, 0.717) is 12.1 Å². The minimum Gasteiger partial charge on any atom is -0.303 e. The molecular weight excluding hydrogens is 313 g/mol. The van der Waals surface area contributed by atoms with Gasteiger partial charge in [0.2, 0.25) is 0 Å². The molecule has 0 N–H and O–H groups in total. The summed E-state index contributed by atoms with van der Waals surface area (Å²) >= 11 is 0. The van der Waals surface area contributed by atoms with Gasteiger partial charge in [0.15, 0.2) is 0 Å². The summed E-state index contributed by atoms with van der Waals surface area (Å²) in [6, 6.07) is 23.8. The van der Waals surface area contributed by atoms with Crippen LogP contribution in [-0.4, -0.2) is 10.8 Å². The molecule has 0 radical (unpaired) electrons. The topological polar surface area (TPSA) is 20.3 Å². The summed E-state index contributed by atoms with van der Waals surface area (Å²) < 4.78 is 13.5. The first kappa shape index (κ1) is 15.3. The van der Waals surface area contributed by atoms with Crippen LogP contribution in [0.15, 0.2) is 78.9 Å². The molecule has 0 spiro atoms. The van der Waals surface area contributed by atoms with E-state index in [1.165, 1.54) is 12.1 Å². The number of benzene rings is 3. The van der Waals surface area contributed by atoms with Gasteiger partial charge in [-0.3, -0.25) is 4.79 Å². The van der Waals surface area contributed by atoms with Crippen LogP contribution in [0.1, 0.15) is 27.0 Å². The van der Waals surface area contributed by atoms with Gasteiger partial charge in [0.25, 0.3) is 5.91 Å². The molecule has 0 saturated carbocycles. The van der Waals surface area contributed by atoms with Crippen LogP contribution in [0.4, 0.5) is 4.39 Å². The number of carbonyl (C=O) groups is 1. The number of carbonyl (C=O) groups excluding carboxylic acids is 1. The highest BCUT2D eigenvalue weighted by molar-refractivity contribution is 6.11. The molecule has 0 aliphatic carbocycles. The van der Waals surface area contributed by atoms with Crippen molar-refractivity contribution >= 4 is 17.7 Å². The van der Waals surface area contributed by atoms with Crippen molar-refractivity contribution in [3.05, 3.63) is 107 Å². The minimum atomic E-state index is -0.290. The van der Waals surface area contributed by atoms with E-state index in [2.05, 4.69) is 0 Å². The molecular formula is C22H16FNO. The lowest BCUT2D eigenvalue weighted by Crippen LogP contribution is -2.22. The molecule has 0 aromatic heterocycles. The fourth-order valence-electron chi connectivity index (χ4n) is 3.13. The zero-order chi connectivity index (χ0) is 17.2. The van der Waals surface area contributed by atoms with Crippen LogP contribution >= 0.6 is 0 Å². The molecule has 3 aromatic rings. The van der Waals surface area contributed by atoms with Crippen LogP contribution in [0, 0.1) is 5.82 Å². The fraction of sp³-hybridized carbons (Fsp3) is 0.0455. The summed E-state index contributed by atoms with van der Waals surface area (Å²) in [6.45, 7) is 0.482. The highest BCUT2D eigenvalue weighted by Crippen LogP contribution is 2.35. The van der Waals surface area contributed by atoms with Crippen LogP contribution < -0.4 is 0 Å². The normalized spacial score (nSPS) is 14.8. The minimum absolute atomic E-state index is 0.0258. The Balaban J connectivity index is 1.80. The maximum absolute atomic E-state index is 13.5. The molecule has 1 heterocycles. The van der Waals surface area contributed by atoms with Crippen molar-refractivity contribution in [2.45, 2.75) is 6.54 Å². The lowest BCUT2D eigenvalue weighted by molar-refractivity contribution is 0.0843. The Kier molecular flexibility index (Phi) is 3.90. The number of hydrogen-bond acceptors (Lipinski definition) is 1. The predicted octanol–water partition coefficient (Wildman–Crippen LogP) is 4.98. The van der Waals surface area contributed by atoms with Crippen molar-refractivity contribution in [2.75, 3.05) is 0 Å². The van der Waals surface area contributed by atoms with Gasteiger partial charge in [-0.2, -0.15) is 0 Å². The summed E-state index contributed by atoms with van der Waals surface area (Å²) in [5.74, 6) is -0.316. The molecule has 4 rings (SSSR count). The van der Waals surface area contributed by atoms with Crippen LogP contribution in [0.2, 0.25) is 0 Å². The number of rotatable bonds is 3. The Labute approximate surface area is 145 Å². The van der Waals surface area contributed by atoms with Gasteiger partial charge in [0.05, 0.1) is 12.2 Å². The van der Waals surface area contributed by atoms with Crippen LogP contribution in [-0.2, 0) is 6.54 Å². The summed E-state index contributed by atoms with van der Waals surface area (Å²) in [5, 5.41) is 0. The van der Waals surface area contributed by atoms with Crippen molar-refractivity contribution in [1.29, 1.82) is 0 Å². The maximum Gasteiger partial charge on any atom is 0.259 e. The average molecular weight is 329 g/mol. The molecule has 0 atom stereocenters. The second-order valence-corrected chi connectivity index (χ2v) is 6.01. The molecule has 1 amide bonds. The van der Waals surface area contributed by atoms with Crippen molar-refractivity contribution in [3.63, 3.8) is 0 Å². The molecule has 2 nitrogen and oxygen atoms in total. The van der Waals surface area contributed by atoms with Crippen LogP contribution in [0.3, 0.4) is 0 Å². The van der Waals surface area contributed by atoms with Crippen molar-refractivity contribution in [2.24, 2.45) is 0 Å². The average Bonchev–Trinajstić information content (AvgIpc) is 2.89. The predicted molar refractivity (Wildman–Crippen MR) is 97.0 cm³/mol. The van der Waals surface area contributed by atoms with Crippen LogP contribution in [0.25, 0.3) is 11.8 Å². The van der Waals surface area contributed by atoms with Gasteiger partial charge in [-0.15, -0.1) is 0 Å². The van der Waals surface area contributed by atoms with E-state index in [9.17, 15) is 9.18 Å². The highest BCUT2D eigenvalue weighted by Gasteiger charge is 2.31. The maximum atomic E-state index is 13.5. The second-order valence-electron chi connectivity index (χ2n) is 6.01. The molecule has 25 heavy (non-hydrogen) atoms. The Morgan fingerprint density at radius 1 is 0.840 bits per heavy atom. The molecule has 0 bridgehead atoms. The molecule has 1 aliphatic rings. The van der Waals surface area contributed by atoms with E-state index in [4.69, 9.17) is 0 Å². The lowest BCUT2D eigenvalue weighted by atomic mass is 10.1. The van der Waals surface area contributed by atoms with E-state index in [1.807, 2.05) is 66.7 Å². The Bertz CT molecular complexity index is 963.